The molecule has 1 heterocycles. The van der Waals surface area contributed by atoms with E-state index >= 15 is 0 Å². The molecule has 138 valence electrons. The van der Waals surface area contributed by atoms with Crippen molar-refractivity contribution >= 4 is 39.7 Å². The first-order valence-corrected chi connectivity index (χ1v) is 9.12. The van der Waals surface area contributed by atoms with Crippen molar-refractivity contribution in [3.8, 4) is 17.0 Å². The fraction of sp³-hybridized carbons (Fsp3) is 0.111. The zero-order valence-corrected chi connectivity index (χ0v) is 15.7. The van der Waals surface area contributed by atoms with Crippen LogP contribution in [-0.2, 0) is 4.79 Å². The highest BCUT2D eigenvalue weighted by molar-refractivity contribution is 7.14. The summed E-state index contributed by atoms with van der Waals surface area (Å²) in [7, 11) is 0. The van der Waals surface area contributed by atoms with Crippen LogP contribution in [0.15, 0.2) is 53.9 Å². The Hall–Kier alpha value is -2.97. The van der Waals surface area contributed by atoms with Crippen molar-refractivity contribution in [2.24, 2.45) is 0 Å². The van der Waals surface area contributed by atoms with E-state index in [0.29, 0.717) is 5.13 Å². The van der Waals surface area contributed by atoms with Crippen molar-refractivity contribution in [3.63, 3.8) is 0 Å². The third kappa shape index (κ3) is 4.60. The largest absolute Gasteiger partial charge is 0.479 e. The zero-order valence-electron chi connectivity index (χ0n) is 14.1. The van der Waals surface area contributed by atoms with Crippen LogP contribution in [0.4, 0.5) is 10.8 Å². The molecule has 3 rings (SSSR count). The number of carbonyl (C=O) groups is 1. The predicted octanol–water partition coefficient (Wildman–Crippen LogP) is 4.78. The number of anilines is 1. The van der Waals surface area contributed by atoms with Gasteiger partial charge in [-0.1, -0.05) is 41.9 Å². The molecular weight excluding hydrogens is 390 g/mol. The Bertz CT molecular complexity index is 978. The van der Waals surface area contributed by atoms with Gasteiger partial charge >= 0.3 is 0 Å². The number of thiazole rings is 1. The van der Waals surface area contributed by atoms with E-state index in [-0.39, 0.29) is 16.5 Å². The van der Waals surface area contributed by atoms with E-state index in [1.54, 1.807) is 6.92 Å². The summed E-state index contributed by atoms with van der Waals surface area (Å²) in [6.45, 7) is 1.55. The summed E-state index contributed by atoms with van der Waals surface area (Å²) in [5.74, 6) is -0.215. The van der Waals surface area contributed by atoms with Crippen molar-refractivity contribution in [1.82, 2.24) is 4.98 Å². The van der Waals surface area contributed by atoms with Crippen molar-refractivity contribution < 1.29 is 14.5 Å². The van der Waals surface area contributed by atoms with Gasteiger partial charge < -0.3 is 4.74 Å². The summed E-state index contributed by atoms with van der Waals surface area (Å²) in [4.78, 5) is 26.9. The second kappa shape index (κ2) is 8.15. The topological polar surface area (TPSA) is 94.4 Å². The van der Waals surface area contributed by atoms with Crippen molar-refractivity contribution in [1.29, 1.82) is 0 Å². The van der Waals surface area contributed by atoms with Crippen LogP contribution in [0.1, 0.15) is 6.92 Å². The third-order valence-corrected chi connectivity index (χ3v) is 4.66. The second-order valence-electron chi connectivity index (χ2n) is 5.53. The molecule has 3 aromatic rings. The molecule has 0 aliphatic carbocycles. The molecule has 0 unspecified atom stereocenters. The SMILES string of the molecule is C[C@@H](Oc1ccc([N+](=O)[O-])cc1Cl)C(=O)Nc1nc(-c2ccccc2)cs1. The summed E-state index contributed by atoms with van der Waals surface area (Å²) < 4.78 is 5.52. The predicted molar refractivity (Wildman–Crippen MR) is 104 cm³/mol. The summed E-state index contributed by atoms with van der Waals surface area (Å²) in [6, 6.07) is 13.4. The van der Waals surface area contributed by atoms with Crippen LogP contribution >= 0.6 is 22.9 Å². The van der Waals surface area contributed by atoms with Crippen LogP contribution in [0.25, 0.3) is 11.3 Å². The minimum atomic E-state index is -0.868. The molecule has 0 saturated carbocycles. The van der Waals surface area contributed by atoms with Crippen molar-refractivity contribution in [2.45, 2.75) is 13.0 Å². The Labute approximate surface area is 163 Å². The summed E-state index contributed by atoms with van der Waals surface area (Å²) in [5, 5.41) is 15.8. The van der Waals surface area contributed by atoms with Gasteiger partial charge in [-0.3, -0.25) is 20.2 Å². The van der Waals surface area contributed by atoms with Crippen molar-refractivity contribution in [3.05, 3.63) is 69.0 Å². The van der Waals surface area contributed by atoms with Crippen molar-refractivity contribution in [2.75, 3.05) is 5.32 Å². The molecule has 1 aromatic heterocycles. The second-order valence-corrected chi connectivity index (χ2v) is 6.79. The maximum absolute atomic E-state index is 12.3. The number of amides is 1. The molecule has 0 aliphatic rings. The maximum Gasteiger partial charge on any atom is 0.271 e. The van der Waals surface area contributed by atoms with Crippen LogP contribution in [0.3, 0.4) is 0 Å². The van der Waals surface area contributed by atoms with Crippen LogP contribution in [0.2, 0.25) is 5.02 Å². The number of nitrogens with zero attached hydrogens (tertiary/aromatic N) is 2. The Kier molecular flexibility index (Phi) is 5.68. The van der Waals surface area contributed by atoms with E-state index in [9.17, 15) is 14.9 Å². The van der Waals surface area contributed by atoms with Gasteiger partial charge in [-0.2, -0.15) is 0 Å². The van der Waals surface area contributed by atoms with E-state index in [1.165, 1.54) is 29.5 Å². The first kappa shape index (κ1) is 18.8. The number of hydrogen-bond acceptors (Lipinski definition) is 6. The smallest absolute Gasteiger partial charge is 0.271 e. The minimum absolute atomic E-state index is 0.0597. The first-order valence-electron chi connectivity index (χ1n) is 7.86. The standard InChI is InChI=1S/C18H14ClN3O4S/c1-11(26-16-8-7-13(22(24)25)9-14(16)19)17(23)21-18-20-15(10-27-18)12-5-3-2-4-6-12/h2-11H,1H3,(H,20,21,23)/t11-/m1/s1. The number of nitrogens with one attached hydrogen (secondary N) is 1. The Morgan fingerprint density at radius 1 is 1.30 bits per heavy atom. The Morgan fingerprint density at radius 3 is 2.70 bits per heavy atom. The molecule has 0 fully saturated rings. The number of nitro benzene ring substituents is 1. The number of rotatable bonds is 6. The molecule has 0 bridgehead atoms. The molecule has 0 radical (unpaired) electrons. The lowest BCUT2D eigenvalue weighted by Gasteiger charge is -2.14. The highest BCUT2D eigenvalue weighted by atomic mass is 35.5. The molecule has 9 heteroatoms. The summed E-state index contributed by atoms with van der Waals surface area (Å²) >= 11 is 7.29. The normalized spacial score (nSPS) is 11.6. The molecule has 1 N–H and O–H groups in total. The van der Waals surface area contributed by atoms with E-state index in [2.05, 4.69) is 10.3 Å². The Morgan fingerprint density at radius 2 is 2.04 bits per heavy atom. The van der Waals surface area contributed by atoms with Crippen LogP contribution in [0.5, 0.6) is 5.75 Å². The molecule has 0 spiro atoms. The van der Waals surface area contributed by atoms with Crippen LogP contribution in [-0.4, -0.2) is 21.9 Å². The molecule has 0 aliphatic heterocycles. The van der Waals surface area contributed by atoms with Gasteiger partial charge in [0.1, 0.15) is 5.75 Å². The number of halogens is 1. The number of hydrogen-bond donors (Lipinski definition) is 1. The lowest BCUT2D eigenvalue weighted by Crippen LogP contribution is -2.30. The highest BCUT2D eigenvalue weighted by Crippen LogP contribution is 2.30. The van der Waals surface area contributed by atoms with Gasteiger partial charge in [-0.25, -0.2) is 4.98 Å². The lowest BCUT2D eigenvalue weighted by molar-refractivity contribution is -0.384. The fourth-order valence-corrected chi connectivity index (χ4v) is 3.16. The number of carbonyl (C=O) groups excluding carboxylic acids is 1. The molecule has 1 atom stereocenters. The Balaban J connectivity index is 1.65. The van der Waals surface area contributed by atoms with Gasteiger partial charge in [0.25, 0.3) is 11.6 Å². The maximum atomic E-state index is 12.3. The molecule has 0 saturated heterocycles. The quantitative estimate of drug-likeness (QED) is 0.472. The van der Waals surface area contributed by atoms with Gasteiger partial charge in [0.05, 0.1) is 15.6 Å². The van der Waals surface area contributed by atoms with Crippen LogP contribution in [0, 0.1) is 10.1 Å². The number of ether oxygens (including phenoxy) is 1. The van der Waals surface area contributed by atoms with E-state index in [0.717, 1.165) is 11.3 Å². The fourth-order valence-electron chi connectivity index (χ4n) is 2.22. The number of aromatic nitrogens is 1. The number of non-ortho nitro benzene ring substituents is 1. The first-order chi connectivity index (χ1) is 12.9. The summed E-state index contributed by atoms with van der Waals surface area (Å²) in [6.07, 6.45) is -0.868. The molecule has 7 nitrogen and oxygen atoms in total. The van der Waals surface area contributed by atoms with Gasteiger partial charge in [0.15, 0.2) is 11.2 Å². The lowest BCUT2D eigenvalue weighted by atomic mass is 10.2. The zero-order chi connectivity index (χ0) is 19.4. The molecular formula is C18H14ClN3O4S. The average molecular weight is 404 g/mol. The highest BCUT2D eigenvalue weighted by Gasteiger charge is 2.19. The minimum Gasteiger partial charge on any atom is -0.479 e. The number of benzene rings is 2. The van der Waals surface area contributed by atoms with E-state index < -0.39 is 16.9 Å². The van der Waals surface area contributed by atoms with E-state index in [4.69, 9.17) is 16.3 Å². The average Bonchev–Trinajstić information content (AvgIpc) is 3.12. The molecule has 2 aromatic carbocycles. The monoisotopic (exact) mass is 403 g/mol. The van der Waals surface area contributed by atoms with Crippen LogP contribution < -0.4 is 10.1 Å². The van der Waals surface area contributed by atoms with E-state index in [1.807, 2.05) is 35.7 Å². The van der Waals surface area contributed by atoms with Gasteiger partial charge in [-0.05, 0) is 13.0 Å². The third-order valence-electron chi connectivity index (χ3n) is 3.60. The van der Waals surface area contributed by atoms with Gasteiger partial charge in [0.2, 0.25) is 0 Å². The number of nitro groups is 1. The molecule has 1 amide bonds. The summed E-state index contributed by atoms with van der Waals surface area (Å²) in [5.41, 5.74) is 1.57. The van der Waals surface area contributed by atoms with Gasteiger partial charge in [-0.15, -0.1) is 11.3 Å². The van der Waals surface area contributed by atoms with Gasteiger partial charge in [0, 0.05) is 23.1 Å². The molecule has 27 heavy (non-hydrogen) atoms.